The molecule has 3 aromatic carbocycles. The van der Waals surface area contributed by atoms with Crippen LogP contribution in [0.15, 0.2) is 90.1 Å². The van der Waals surface area contributed by atoms with Crippen LogP contribution in [0.4, 0.5) is 17.1 Å². The minimum atomic E-state index is -4.55. The molecule has 1 aliphatic carbocycles. The average Bonchev–Trinajstić information content (AvgIpc) is 3.72. The molecule has 14 nitrogen and oxygen atoms in total. The fraction of sp³-hybridized carbons (Fsp3) is 0.422. The normalized spacial score (nSPS) is 20.0. The molecule has 2 unspecified atom stereocenters. The first kappa shape index (κ1) is 42.5. The first-order valence-corrected chi connectivity index (χ1v) is 22.8. The standard InChI is InChI=1S/C45H52ClN7O7S/c1-45(2)15-11-33(39(26-45)31-3-5-34(46)6-4-31)29-51-17-19-52(20-18-51)35-7-9-38(42(24-35)60-36-23-32-12-16-47-43(32)49-28-36)44(54)50-61(57,58)37-8-10-40(41(25-37)53(55)56)48-27-30-13-21-59-22-14-30/h3-10,12,16,23-25,28,30,33,39,48H,11,13-15,17-22,26-27,29H2,1-2H3,(H,47,49)(H,50,54). The fourth-order valence-corrected chi connectivity index (χ4v) is 10.1. The third-order valence-corrected chi connectivity index (χ3v) is 14.1. The highest BCUT2D eigenvalue weighted by Gasteiger charge is 2.37. The second-order valence-electron chi connectivity index (χ2n) is 17.3. The van der Waals surface area contributed by atoms with Crippen LogP contribution in [0, 0.1) is 27.4 Å². The Kier molecular flexibility index (Phi) is 12.5. The number of piperazine rings is 1. The molecule has 2 saturated heterocycles. The van der Waals surface area contributed by atoms with Gasteiger partial charge >= 0.3 is 0 Å². The van der Waals surface area contributed by atoms with Crippen LogP contribution in [-0.4, -0.2) is 86.6 Å². The van der Waals surface area contributed by atoms with Crippen LogP contribution in [0.25, 0.3) is 11.0 Å². The first-order chi connectivity index (χ1) is 29.3. The summed E-state index contributed by atoms with van der Waals surface area (Å²) in [5.74, 6) is 0.814. The number of benzene rings is 3. The zero-order valence-corrected chi connectivity index (χ0v) is 36.0. The van der Waals surface area contributed by atoms with Gasteiger partial charge in [-0.15, -0.1) is 0 Å². The first-order valence-electron chi connectivity index (χ1n) is 21.0. The van der Waals surface area contributed by atoms with Crippen LogP contribution >= 0.6 is 11.6 Å². The van der Waals surface area contributed by atoms with Crippen molar-refractivity contribution in [2.75, 3.05) is 62.7 Å². The lowest BCUT2D eigenvalue weighted by Gasteiger charge is -2.44. The molecular formula is C45H52ClN7O7S. The van der Waals surface area contributed by atoms with E-state index in [0.717, 1.165) is 74.1 Å². The Morgan fingerprint density at radius 3 is 2.54 bits per heavy atom. The predicted molar refractivity (Wildman–Crippen MR) is 236 cm³/mol. The number of aromatic nitrogens is 2. The maximum absolute atomic E-state index is 13.9. The molecule has 4 heterocycles. The molecule has 5 aromatic rings. The Hall–Kier alpha value is -5.22. The van der Waals surface area contributed by atoms with E-state index in [4.69, 9.17) is 21.1 Å². The van der Waals surface area contributed by atoms with E-state index in [9.17, 15) is 23.3 Å². The maximum Gasteiger partial charge on any atom is 0.293 e. The van der Waals surface area contributed by atoms with E-state index in [1.807, 2.05) is 18.2 Å². The Morgan fingerprint density at radius 1 is 1.02 bits per heavy atom. The number of fused-ring (bicyclic) bond motifs is 1. The van der Waals surface area contributed by atoms with Crippen LogP contribution in [0.2, 0.25) is 5.02 Å². The number of anilines is 2. The third-order valence-electron chi connectivity index (χ3n) is 12.5. The summed E-state index contributed by atoms with van der Waals surface area (Å²) in [6, 6.07) is 20.7. The number of amides is 1. The van der Waals surface area contributed by atoms with Crippen molar-refractivity contribution >= 4 is 55.6 Å². The van der Waals surface area contributed by atoms with Crippen molar-refractivity contribution in [2.45, 2.75) is 56.8 Å². The molecule has 2 aliphatic heterocycles. The van der Waals surface area contributed by atoms with Gasteiger partial charge in [0.05, 0.1) is 21.6 Å². The zero-order chi connectivity index (χ0) is 42.7. The van der Waals surface area contributed by atoms with Gasteiger partial charge in [-0.1, -0.05) is 37.6 Å². The zero-order valence-electron chi connectivity index (χ0n) is 34.4. The van der Waals surface area contributed by atoms with Crippen molar-refractivity contribution in [1.29, 1.82) is 0 Å². The molecule has 8 rings (SSSR count). The molecular weight excluding hydrogens is 818 g/mol. The number of hydrogen-bond acceptors (Lipinski definition) is 11. The summed E-state index contributed by atoms with van der Waals surface area (Å²) in [4.78, 5) is 37.2. The Balaban J connectivity index is 0.987. The van der Waals surface area contributed by atoms with Gasteiger partial charge in [-0.3, -0.25) is 19.8 Å². The molecule has 2 aromatic heterocycles. The number of ether oxygens (including phenoxy) is 2. The predicted octanol–water partition coefficient (Wildman–Crippen LogP) is 8.61. The topological polar surface area (TPSA) is 172 Å². The Labute approximate surface area is 361 Å². The van der Waals surface area contributed by atoms with E-state index in [2.05, 4.69) is 55.8 Å². The largest absolute Gasteiger partial charge is 0.455 e. The van der Waals surface area contributed by atoms with Gasteiger partial charge in [0.15, 0.2) is 0 Å². The number of hydrogen-bond donors (Lipinski definition) is 3. The van der Waals surface area contributed by atoms with Crippen LogP contribution in [0.1, 0.15) is 67.8 Å². The van der Waals surface area contributed by atoms with Gasteiger partial charge in [-0.25, -0.2) is 18.1 Å². The smallest absolute Gasteiger partial charge is 0.293 e. The van der Waals surface area contributed by atoms with E-state index in [-0.39, 0.29) is 28.3 Å². The minimum absolute atomic E-state index is 0.0298. The number of nitro groups is 1. The van der Waals surface area contributed by atoms with Crippen molar-refractivity contribution in [3.63, 3.8) is 0 Å². The molecule has 0 radical (unpaired) electrons. The highest BCUT2D eigenvalue weighted by Crippen LogP contribution is 2.47. The average molecular weight is 870 g/mol. The van der Waals surface area contributed by atoms with E-state index >= 15 is 0 Å². The van der Waals surface area contributed by atoms with Crippen molar-refractivity contribution < 1.29 is 27.6 Å². The molecule has 16 heteroatoms. The Morgan fingerprint density at radius 2 is 1.79 bits per heavy atom. The Bertz CT molecular complexity index is 2480. The molecule has 322 valence electrons. The van der Waals surface area contributed by atoms with Crippen molar-refractivity contribution in [3.05, 3.63) is 111 Å². The molecule has 3 fully saturated rings. The van der Waals surface area contributed by atoms with E-state index in [1.165, 1.54) is 36.7 Å². The summed E-state index contributed by atoms with van der Waals surface area (Å²) < 4.78 is 41.2. The van der Waals surface area contributed by atoms with Crippen molar-refractivity contribution in [2.24, 2.45) is 17.3 Å². The summed E-state index contributed by atoms with van der Waals surface area (Å²) >= 11 is 6.25. The van der Waals surface area contributed by atoms with Gasteiger partial charge < -0.3 is 24.7 Å². The van der Waals surface area contributed by atoms with E-state index in [1.54, 1.807) is 30.5 Å². The van der Waals surface area contributed by atoms with Gasteiger partial charge in [0.25, 0.3) is 21.6 Å². The highest BCUT2D eigenvalue weighted by atomic mass is 35.5. The SMILES string of the molecule is CC1(C)CCC(CN2CCN(c3ccc(C(=O)NS(=O)(=O)c4ccc(NCC5CCOCC5)c([N+](=O)[O-])c4)c(Oc4cnc5[nH]ccc5c4)c3)CC2)C(c2ccc(Cl)cc2)C1. The van der Waals surface area contributed by atoms with E-state index in [0.29, 0.717) is 43.0 Å². The second kappa shape index (κ2) is 18.0. The lowest BCUT2D eigenvalue weighted by atomic mass is 9.65. The summed E-state index contributed by atoms with van der Waals surface area (Å²) in [5, 5.41) is 16.7. The van der Waals surface area contributed by atoms with E-state index < -0.39 is 31.4 Å². The molecule has 1 saturated carbocycles. The second-order valence-corrected chi connectivity index (χ2v) is 19.4. The number of halogens is 1. The fourth-order valence-electron chi connectivity index (χ4n) is 8.98. The van der Waals surface area contributed by atoms with Crippen LogP contribution in [0.5, 0.6) is 11.5 Å². The number of rotatable bonds is 13. The summed E-state index contributed by atoms with van der Waals surface area (Å²) in [5.41, 5.74) is 2.88. The number of nitro benzene ring substituents is 1. The van der Waals surface area contributed by atoms with Crippen LogP contribution in [0.3, 0.4) is 0 Å². The lowest BCUT2D eigenvalue weighted by Crippen LogP contribution is -2.49. The van der Waals surface area contributed by atoms with Gasteiger partial charge in [0.2, 0.25) is 0 Å². The number of nitrogens with zero attached hydrogens (tertiary/aromatic N) is 4. The molecule has 2 atom stereocenters. The summed E-state index contributed by atoms with van der Waals surface area (Å²) in [6.45, 7) is 10.7. The van der Waals surface area contributed by atoms with Gasteiger partial charge in [0.1, 0.15) is 22.8 Å². The lowest BCUT2D eigenvalue weighted by molar-refractivity contribution is -0.384. The monoisotopic (exact) mass is 869 g/mol. The third kappa shape index (κ3) is 10.1. The molecule has 0 spiro atoms. The summed E-state index contributed by atoms with van der Waals surface area (Å²) in [7, 11) is -4.55. The number of nitrogens with one attached hydrogen (secondary N) is 3. The molecule has 1 amide bonds. The molecule has 61 heavy (non-hydrogen) atoms. The molecule has 0 bridgehead atoms. The summed E-state index contributed by atoms with van der Waals surface area (Å²) in [6.07, 6.45) is 8.44. The maximum atomic E-state index is 13.9. The van der Waals surface area contributed by atoms with Crippen molar-refractivity contribution in [3.8, 4) is 11.5 Å². The highest BCUT2D eigenvalue weighted by molar-refractivity contribution is 7.90. The minimum Gasteiger partial charge on any atom is -0.455 e. The number of carbonyl (C=O) groups is 1. The number of aromatic amines is 1. The number of H-pyrrole nitrogens is 1. The number of carbonyl (C=O) groups excluding carboxylic acids is 1. The number of sulfonamides is 1. The van der Waals surface area contributed by atoms with Crippen LogP contribution < -0.4 is 19.7 Å². The van der Waals surface area contributed by atoms with Gasteiger partial charge in [-0.05, 0) is 109 Å². The molecule has 3 N–H and O–H groups in total. The molecule has 3 aliphatic rings. The quantitative estimate of drug-likeness (QED) is 0.0764. The van der Waals surface area contributed by atoms with Gasteiger partial charge in [-0.2, -0.15) is 0 Å². The van der Waals surface area contributed by atoms with Gasteiger partial charge in [0, 0.05) is 86.9 Å². The van der Waals surface area contributed by atoms with Crippen molar-refractivity contribution in [1.82, 2.24) is 19.6 Å². The number of pyridine rings is 1. The van der Waals surface area contributed by atoms with Crippen LogP contribution in [-0.2, 0) is 14.8 Å².